The standard InChI is InChI=1S/C15H23N3O4/c1-9(12-10(2)17-22-11(12)3)7-16-14(21)18-6-5-15(4,8-18)13(19)20/h9H,5-8H2,1-4H3,(H,16,21)(H,19,20). The fourth-order valence-corrected chi connectivity index (χ4v) is 2.96. The first-order valence-corrected chi connectivity index (χ1v) is 7.43. The molecule has 0 saturated carbocycles. The Morgan fingerprint density at radius 1 is 1.50 bits per heavy atom. The summed E-state index contributed by atoms with van der Waals surface area (Å²) in [5, 5.41) is 16.0. The Balaban J connectivity index is 1.90. The van der Waals surface area contributed by atoms with Crippen molar-refractivity contribution in [1.29, 1.82) is 0 Å². The summed E-state index contributed by atoms with van der Waals surface area (Å²) in [5.41, 5.74) is 1.00. The average Bonchev–Trinajstić information content (AvgIpc) is 3.01. The topological polar surface area (TPSA) is 95.7 Å². The van der Waals surface area contributed by atoms with E-state index in [1.54, 1.807) is 11.8 Å². The highest BCUT2D eigenvalue weighted by atomic mass is 16.5. The van der Waals surface area contributed by atoms with Gasteiger partial charge in [0.25, 0.3) is 0 Å². The highest BCUT2D eigenvalue weighted by Gasteiger charge is 2.42. The molecule has 2 unspecified atom stereocenters. The highest BCUT2D eigenvalue weighted by molar-refractivity contribution is 5.79. The van der Waals surface area contributed by atoms with Crippen molar-refractivity contribution in [2.75, 3.05) is 19.6 Å². The molecule has 1 aliphatic rings. The van der Waals surface area contributed by atoms with E-state index < -0.39 is 11.4 Å². The molecule has 7 nitrogen and oxygen atoms in total. The van der Waals surface area contributed by atoms with Crippen LogP contribution in [0.15, 0.2) is 4.52 Å². The maximum absolute atomic E-state index is 12.2. The Labute approximate surface area is 129 Å². The van der Waals surface area contributed by atoms with Gasteiger partial charge in [-0.05, 0) is 27.2 Å². The third-order valence-electron chi connectivity index (χ3n) is 4.42. The zero-order chi connectivity index (χ0) is 16.5. The number of hydrogen-bond acceptors (Lipinski definition) is 4. The number of aliphatic carboxylic acids is 1. The number of amides is 2. The lowest BCUT2D eigenvalue weighted by Crippen LogP contribution is -2.42. The molecule has 2 rings (SSSR count). The van der Waals surface area contributed by atoms with E-state index in [2.05, 4.69) is 10.5 Å². The lowest BCUT2D eigenvalue weighted by molar-refractivity contribution is -0.147. The summed E-state index contributed by atoms with van der Waals surface area (Å²) in [6.45, 7) is 8.58. The molecule has 22 heavy (non-hydrogen) atoms. The molecule has 122 valence electrons. The van der Waals surface area contributed by atoms with Crippen molar-refractivity contribution in [3.63, 3.8) is 0 Å². The van der Waals surface area contributed by atoms with E-state index in [1.807, 2.05) is 20.8 Å². The molecule has 2 N–H and O–H groups in total. The number of urea groups is 1. The van der Waals surface area contributed by atoms with Crippen LogP contribution >= 0.6 is 0 Å². The number of carbonyl (C=O) groups excluding carboxylic acids is 1. The van der Waals surface area contributed by atoms with Crippen LogP contribution in [0.4, 0.5) is 4.79 Å². The first-order valence-electron chi connectivity index (χ1n) is 7.43. The van der Waals surface area contributed by atoms with E-state index in [1.165, 1.54) is 0 Å². The van der Waals surface area contributed by atoms with Crippen LogP contribution in [0.3, 0.4) is 0 Å². The van der Waals surface area contributed by atoms with Crippen LogP contribution in [0.5, 0.6) is 0 Å². The third-order valence-corrected chi connectivity index (χ3v) is 4.42. The molecule has 0 aliphatic carbocycles. The maximum atomic E-state index is 12.2. The molecule has 0 aromatic carbocycles. The predicted molar refractivity (Wildman–Crippen MR) is 79.7 cm³/mol. The summed E-state index contributed by atoms with van der Waals surface area (Å²) in [5.74, 6) is -0.00516. The van der Waals surface area contributed by atoms with E-state index in [4.69, 9.17) is 4.52 Å². The summed E-state index contributed by atoms with van der Waals surface area (Å²) < 4.78 is 5.14. The van der Waals surface area contributed by atoms with Gasteiger partial charge in [0.15, 0.2) is 0 Å². The minimum absolute atomic E-state index is 0.0867. The molecular formula is C15H23N3O4. The maximum Gasteiger partial charge on any atom is 0.317 e. The number of hydrogen-bond donors (Lipinski definition) is 2. The molecule has 0 spiro atoms. The molecule has 7 heteroatoms. The van der Waals surface area contributed by atoms with E-state index in [-0.39, 0.29) is 18.5 Å². The van der Waals surface area contributed by atoms with Gasteiger partial charge in [-0.2, -0.15) is 0 Å². The van der Waals surface area contributed by atoms with Crippen molar-refractivity contribution in [3.8, 4) is 0 Å². The minimum atomic E-state index is -0.855. The van der Waals surface area contributed by atoms with Crippen LogP contribution in [0.2, 0.25) is 0 Å². The second-order valence-corrected chi connectivity index (χ2v) is 6.36. The Morgan fingerprint density at radius 3 is 2.68 bits per heavy atom. The first kappa shape index (κ1) is 16.3. The number of carboxylic acid groups (broad SMARTS) is 1. The zero-order valence-electron chi connectivity index (χ0n) is 13.5. The van der Waals surface area contributed by atoms with Crippen molar-refractivity contribution in [1.82, 2.24) is 15.4 Å². The van der Waals surface area contributed by atoms with E-state index in [0.29, 0.717) is 19.5 Å². The number of carbonyl (C=O) groups is 2. The van der Waals surface area contributed by atoms with E-state index in [0.717, 1.165) is 17.0 Å². The summed E-state index contributed by atoms with van der Waals surface area (Å²) in [6.07, 6.45) is 0.481. The van der Waals surface area contributed by atoms with Crippen molar-refractivity contribution in [2.24, 2.45) is 5.41 Å². The number of carboxylic acids is 1. The van der Waals surface area contributed by atoms with Gasteiger partial charge in [0.2, 0.25) is 0 Å². The van der Waals surface area contributed by atoms with Gasteiger partial charge in [-0.1, -0.05) is 12.1 Å². The van der Waals surface area contributed by atoms with E-state index in [9.17, 15) is 14.7 Å². The molecular weight excluding hydrogens is 286 g/mol. The SMILES string of the molecule is Cc1noc(C)c1C(C)CNC(=O)N1CCC(C)(C(=O)O)C1. The summed E-state index contributed by atoms with van der Waals surface area (Å²) in [6, 6.07) is -0.219. The highest BCUT2D eigenvalue weighted by Crippen LogP contribution is 2.30. The van der Waals surface area contributed by atoms with Crippen molar-refractivity contribution in [3.05, 3.63) is 17.0 Å². The summed E-state index contributed by atoms with van der Waals surface area (Å²) in [7, 11) is 0. The number of nitrogens with zero attached hydrogens (tertiary/aromatic N) is 2. The molecule has 0 radical (unpaired) electrons. The lowest BCUT2D eigenvalue weighted by Gasteiger charge is -2.21. The van der Waals surface area contributed by atoms with Gasteiger partial charge in [0, 0.05) is 31.1 Å². The zero-order valence-corrected chi connectivity index (χ0v) is 13.5. The molecule has 1 aliphatic heterocycles. The van der Waals surface area contributed by atoms with Crippen molar-refractivity contribution < 1.29 is 19.2 Å². The van der Waals surface area contributed by atoms with Gasteiger partial charge in [-0.15, -0.1) is 0 Å². The normalized spacial score (nSPS) is 22.6. The number of nitrogens with one attached hydrogen (secondary N) is 1. The van der Waals surface area contributed by atoms with Gasteiger partial charge in [0.05, 0.1) is 11.1 Å². The average molecular weight is 309 g/mol. The molecule has 1 saturated heterocycles. The quantitative estimate of drug-likeness (QED) is 0.885. The fourth-order valence-electron chi connectivity index (χ4n) is 2.96. The summed E-state index contributed by atoms with van der Waals surface area (Å²) >= 11 is 0. The van der Waals surface area contributed by atoms with Gasteiger partial charge < -0.3 is 19.8 Å². The third kappa shape index (κ3) is 3.08. The molecule has 2 heterocycles. The number of rotatable bonds is 4. The van der Waals surface area contributed by atoms with E-state index >= 15 is 0 Å². The Bertz CT molecular complexity index is 564. The van der Waals surface area contributed by atoms with Crippen LogP contribution in [0.25, 0.3) is 0 Å². The minimum Gasteiger partial charge on any atom is -0.481 e. The van der Waals surface area contributed by atoms with Gasteiger partial charge in [-0.3, -0.25) is 4.79 Å². The smallest absolute Gasteiger partial charge is 0.317 e. The van der Waals surface area contributed by atoms with Crippen LogP contribution < -0.4 is 5.32 Å². The monoisotopic (exact) mass is 309 g/mol. The van der Waals surface area contributed by atoms with Gasteiger partial charge in [0.1, 0.15) is 5.76 Å². The van der Waals surface area contributed by atoms with Crippen molar-refractivity contribution >= 4 is 12.0 Å². The second-order valence-electron chi connectivity index (χ2n) is 6.36. The Hall–Kier alpha value is -2.05. The molecule has 1 fully saturated rings. The number of aryl methyl sites for hydroxylation is 2. The number of aromatic nitrogens is 1. The molecule has 1 aromatic heterocycles. The van der Waals surface area contributed by atoms with Crippen molar-refractivity contribution in [2.45, 2.75) is 40.0 Å². The van der Waals surface area contributed by atoms with Crippen LogP contribution in [-0.4, -0.2) is 46.8 Å². The summed E-state index contributed by atoms with van der Waals surface area (Å²) in [4.78, 5) is 25.0. The molecule has 1 aromatic rings. The second kappa shape index (κ2) is 5.98. The first-order chi connectivity index (χ1) is 10.2. The predicted octanol–water partition coefficient (Wildman–Crippen LogP) is 1.90. The van der Waals surface area contributed by atoms with Crippen LogP contribution in [-0.2, 0) is 4.79 Å². The van der Waals surface area contributed by atoms with Gasteiger partial charge in [-0.25, -0.2) is 4.79 Å². The largest absolute Gasteiger partial charge is 0.481 e. The molecule has 2 atom stereocenters. The van der Waals surface area contributed by atoms with Gasteiger partial charge >= 0.3 is 12.0 Å². The molecule has 0 bridgehead atoms. The van der Waals surface area contributed by atoms with Crippen LogP contribution in [0.1, 0.15) is 43.2 Å². The lowest BCUT2D eigenvalue weighted by atomic mass is 9.90. The number of likely N-dealkylation sites (tertiary alicyclic amines) is 1. The fraction of sp³-hybridized carbons (Fsp3) is 0.667. The Morgan fingerprint density at radius 2 is 2.18 bits per heavy atom. The Kier molecular flexibility index (Phi) is 4.44. The van der Waals surface area contributed by atoms with Crippen LogP contribution in [0, 0.1) is 19.3 Å². The molecule has 2 amide bonds.